The predicted molar refractivity (Wildman–Crippen MR) is 111 cm³/mol. The molecular weight excluding hydrogens is 430 g/mol. The van der Waals surface area contributed by atoms with Gasteiger partial charge in [-0.15, -0.1) is 0 Å². The minimum Gasteiger partial charge on any atom is -0.487 e. The van der Waals surface area contributed by atoms with Gasteiger partial charge in [-0.2, -0.15) is 5.10 Å². The molecule has 0 fully saturated rings. The van der Waals surface area contributed by atoms with E-state index in [0.717, 1.165) is 28.0 Å². The number of nitrogens with one attached hydrogen (secondary N) is 1. The second-order valence-electron chi connectivity index (χ2n) is 5.97. The third kappa shape index (κ3) is 4.70. The standard InChI is InChI=1S/C20H19BrClN3O2/c1-3-25-13(2)18(11-23-25)24-20(26)15-6-4-14(5-7-15)12-27-19-9-8-16(21)10-17(19)22/h4-11H,3,12H2,1-2H3,(H,24,26). The van der Waals surface area contributed by atoms with Crippen LogP contribution in [0.4, 0.5) is 5.69 Å². The van der Waals surface area contributed by atoms with Crippen molar-refractivity contribution in [2.45, 2.75) is 27.0 Å². The Balaban J connectivity index is 1.62. The van der Waals surface area contributed by atoms with Crippen LogP contribution in [0.15, 0.2) is 53.1 Å². The van der Waals surface area contributed by atoms with Gasteiger partial charge in [-0.05, 0) is 49.7 Å². The topological polar surface area (TPSA) is 56.2 Å². The summed E-state index contributed by atoms with van der Waals surface area (Å²) >= 11 is 9.51. The lowest BCUT2D eigenvalue weighted by molar-refractivity contribution is 0.102. The third-order valence-corrected chi connectivity index (χ3v) is 4.94. The van der Waals surface area contributed by atoms with Gasteiger partial charge in [0.2, 0.25) is 0 Å². The first-order chi connectivity index (χ1) is 13.0. The first kappa shape index (κ1) is 19.5. The average molecular weight is 449 g/mol. The fourth-order valence-corrected chi connectivity index (χ4v) is 3.32. The van der Waals surface area contributed by atoms with Crippen LogP contribution in [0, 0.1) is 6.92 Å². The Morgan fingerprint density at radius 3 is 2.63 bits per heavy atom. The molecule has 3 rings (SSSR count). The van der Waals surface area contributed by atoms with E-state index >= 15 is 0 Å². The number of halogens is 2. The van der Waals surface area contributed by atoms with E-state index in [0.29, 0.717) is 22.9 Å². The number of rotatable bonds is 6. The summed E-state index contributed by atoms with van der Waals surface area (Å²) in [6.45, 7) is 5.07. The Labute approximate surface area is 171 Å². The minimum atomic E-state index is -0.169. The summed E-state index contributed by atoms with van der Waals surface area (Å²) in [5.74, 6) is 0.447. The smallest absolute Gasteiger partial charge is 0.255 e. The molecule has 27 heavy (non-hydrogen) atoms. The highest BCUT2D eigenvalue weighted by Gasteiger charge is 2.11. The zero-order valence-electron chi connectivity index (χ0n) is 15.0. The first-order valence-corrected chi connectivity index (χ1v) is 9.65. The van der Waals surface area contributed by atoms with Crippen molar-refractivity contribution in [3.05, 3.63) is 75.0 Å². The number of amides is 1. The average Bonchev–Trinajstić information content (AvgIpc) is 3.01. The molecule has 0 aliphatic rings. The maximum atomic E-state index is 12.4. The van der Waals surface area contributed by atoms with Crippen molar-refractivity contribution < 1.29 is 9.53 Å². The van der Waals surface area contributed by atoms with Gasteiger partial charge in [-0.3, -0.25) is 9.48 Å². The lowest BCUT2D eigenvalue weighted by Gasteiger charge is -2.09. The van der Waals surface area contributed by atoms with Crippen molar-refractivity contribution in [2.24, 2.45) is 0 Å². The second kappa shape index (κ2) is 8.59. The van der Waals surface area contributed by atoms with E-state index in [1.165, 1.54) is 0 Å². The Kier molecular flexibility index (Phi) is 6.19. The van der Waals surface area contributed by atoms with Crippen molar-refractivity contribution in [2.75, 3.05) is 5.32 Å². The number of nitrogens with zero attached hydrogens (tertiary/aromatic N) is 2. The van der Waals surface area contributed by atoms with Gasteiger partial charge < -0.3 is 10.1 Å². The molecule has 0 saturated heterocycles. The maximum Gasteiger partial charge on any atom is 0.255 e. The number of ether oxygens (including phenoxy) is 1. The molecule has 1 heterocycles. The molecule has 5 nitrogen and oxygen atoms in total. The van der Waals surface area contributed by atoms with Crippen LogP contribution in [0.1, 0.15) is 28.5 Å². The van der Waals surface area contributed by atoms with Crippen molar-refractivity contribution in [3.8, 4) is 5.75 Å². The van der Waals surface area contributed by atoms with Gasteiger partial charge in [-0.1, -0.05) is 39.7 Å². The number of aromatic nitrogens is 2. The molecule has 1 amide bonds. The molecule has 1 N–H and O–H groups in total. The monoisotopic (exact) mass is 447 g/mol. The molecule has 0 bridgehead atoms. The lowest BCUT2D eigenvalue weighted by atomic mass is 10.1. The van der Waals surface area contributed by atoms with E-state index in [2.05, 4.69) is 26.3 Å². The number of aryl methyl sites for hydroxylation is 1. The molecule has 0 unspecified atom stereocenters. The van der Waals surface area contributed by atoms with E-state index in [1.807, 2.05) is 42.8 Å². The zero-order valence-corrected chi connectivity index (χ0v) is 17.3. The Morgan fingerprint density at radius 2 is 2.00 bits per heavy atom. The minimum absolute atomic E-state index is 0.169. The number of anilines is 1. The number of hydrogen-bond acceptors (Lipinski definition) is 3. The quantitative estimate of drug-likeness (QED) is 0.545. The number of benzene rings is 2. The van der Waals surface area contributed by atoms with Crippen LogP contribution < -0.4 is 10.1 Å². The predicted octanol–water partition coefficient (Wildman–Crippen LogP) is 5.46. The summed E-state index contributed by atoms with van der Waals surface area (Å²) in [4.78, 5) is 12.4. The van der Waals surface area contributed by atoms with E-state index in [-0.39, 0.29) is 5.91 Å². The lowest BCUT2D eigenvalue weighted by Crippen LogP contribution is -2.12. The van der Waals surface area contributed by atoms with Gasteiger partial charge in [0.05, 0.1) is 22.6 Å². The highest BCUT2D eigenvalue weighted by molar-refractivity contribution is 9.10. The summed E-state index contributed by atoms with van der Waals surface area (Å²) in [7, 11) is 0. The van der Waals surface area contributed by atoms with E-state index in [1.54, 1.807) is 24.4 Å². The molecule has 7 heteroatoms. The largest absolute Gasteiger partial charge is 0.487 e. The second-order valence-corrected chi connectivity index (χ2v) is 7.30. The van der Waals surface area contributed by atoms with Crippen LogP contribution >= 0.6 is 27.5 Å². The first-order valence-electron chi connectivity index (χ1n) is 8.48. The fraction of sp³-hybridized carbons (Fsp3) is 0.200. The van der Waals surface area contributed by atoms with Gasteiger partial charge >= 0.3 is 0 Å². The van der Waals surface area contributed by atoms with Crippen LogP contribution in [0.3, 0.4) is 0 Å². The Hall–Kier alpha value is -2.31. The van der Waals surface area contributed by atoms with Crippen LogP contribution in [0.5, 0.6) is 5.75 Å². The molecule has 0 radical (unpaired) electrons. The molecule has 1 aromatic heterocycles. The molecule has 2 aromatic carbocycles. The molecule has 0 saturated carbocycles. The van der Waals surface area contributed by atoms with Crippen LogP contribution in [-0.2, 0) is 13.2 Å². The molecule has 3 aromatic rings. The SMILES string of the molecule is CCn1ncc(NC(=O)c2ccc(COc3ccc(Br)cc3Cl)cc2)c1C. The zero-order chi connectivity index (χ0) is 19.4. The van der Waals surface area contributed by atoms with Crippen molar-refractivity contribution >= 4 is 39.1 Å². The van der Waals surface area contributed by atoms with Gasteiger partial charge in [-0.25, -0.2) is 0 Å². The fourth-order valence-electron chi connectivity index (χ4n) is 2.59. The summed E-state index contributed by atoms with van der Waals surface area (Å²) < 4.78 is 8.48. The number of carbonyl (C=O) groups excluding carboxylic acids is 1. The summed E-state index contributed by atoms with van der Waals surface area (Å²) in [5.41, 5.74) is 3.17. The Bertz CT molecular complexity index is 954. The molecular formula is C20H19BrClN3O2. The maximum absolute atomic E-state index is 12.4. The summed E-state index contributed by atoms with van der Waals surface area (Å²) in [6.07, 6.45) is 1.67. The van der Waals surface area contributed by atoms with Crippen LogP contribution in [0.25, 0.3) is 0 Å². The van der Waals surface area contributed by atoms with Crippen molar-refractivity contribution in [3.63, 3.8) is 0 Å². The number of carbonyl (C=O) groups is 1. The molecule has 0 spiro atoms. The van der Waals surface area contributed by atoms with E-state index in [4.69, 9.17) is 16.3 Å². The van der Waals surface area contributed by atoms with Crippen LogP contribution in [0.2, 0.25) is 5.02 Å². The molecule has 0 atom stereocenters. The molecule has 0 aliphatic carbocycles. The van der Waals surface area contributed by atoms with Gasteiger partial charge in [0.1, 0.15) is 12.4 Å². The van der Waals surface area contributed by atoms with Gasteiger partial charge in [0.15, 0.2) is 0 Å². The third-order valence-electron chi connectivity index (χ3n) is 4.16. The van der Waals surface area contributed by atoms with Gasteiger partial charge in [0.25, 0.3) is 5.91 Å². The van der Waals surface area contributed by atoms with Gasteiger partial charge in [0, 0.05) is 16.6 Å². The summed E-state index contributed by atoms with van der Waals surface area (Å²) in [5, 5.41) is 7.67. The molecule has 0 aliphatic heterocycles. The van der Waals surface area contributed by atoms with Crippen molar-refractivity contribution in [1.82, 2.24) is 9.78 Å². The van der Waals surface area contributed by atoms with Crippen molar-refractivity contribution in [1.29, 1.82) is 0 Å². The highest BCUT2D eigenvalue weighted by Crippen LogP contribution is 2.28. The highest BCUT2D eigenvalue weighted by atomic mass is 79.9. The van der Waals surface area contributed by atoms with E-state index < -0.39 is 0 Å². The normalized spacial score (nSPS) is 10.7. The Morgan fingerprint density at radius 1 is 1.26 bits per heavy atom. The van der Waals surface area contributed by atoms with E-state index in [9.17, 15) is 4.79 Å². The number of hydrogen-bond donors (Lipinski definition) is 1. The van der Waals surface area contributed by atoms with Crippen LogP contribution in [-0.4, -0.2) is 15.7 Å². The molecule has 140 valence electrons. The summed E-state index contributed by atoms with van der Waals surface area (Å²) in [6, 6.07) is 12.7.